The van der Waals surface area contributed by atoms with E-state index in [0.717, 1.165) is 19.3 Å². The van der Waals surface area contributed by atoms with E-state index in [0.29, 0.717) is 12.5 Å². The van der Waals surface area contributed by atoms with E-state index < -0.39 is 15.6 Å². The molecule has 2 rings (SSSR count). The van der Waals surface area contributed by atoms with Gasteiger partial charge in [0, 0.05) is 37.9 Å². The monoisotopic (exact) mass is 395 g/mol. The van der Waals surface area contributed by atoms with Crippen LogP contribution in [0.25, 0.3) is 0 Å². The third kappa shape index (κ3) is 7.03. The molecule has 0 bridgehead atoms. The number of benzene rings is 1. The van der Waals surface area contributed by atoms with Gasteiger partial charge in [-0.2, -0.15) is 0 Å². The first-order chi connectivity index (χ1) is 12.6. The van der Waals surface area contributed by atoms with E-state index in [1.807, 2.05) is 13.8 Å². The smallest absolute Gasteiger partial charge is 0.209 e. The summed E-state index contributed by atoms with van der Waals surface area (Å²) in [6, 6.07) is 8.67. The van der Waals surface area contributed by atoms with E-state index >= 15 is 0 Å². The lowest BCUT2D eigenvalue weighted by atomic mass is 10.1. The van der Waals surface area contributed by atoms with Crippen molar-refractivity contribution in [1.82, 2.24) is 15.4 Å². The Morgan fingerprint density at radius 1 is 1.30 bits per heavy atom. The van der Waals surface area contributed by atoms with Gasteiger partial charge in [0.1, 0.15) is 0 Å². The van der Waals surface area contributed by atoms with E-state index in [-0.39, 0.29) is 6.04 Å². The first-order valence-electron chi connectivity index (χ1n) is 9.41. The molecule has 0 saturated carbocycles. The lowest BCUT2D eigenvalue weighted by Crippen LogP contribution is -2.53. The lowest BCUT2D eigenvalue weighted by Gasteiger charge is -2.27. The van der Waals surface area contributed by atoms with Crippen LogP contribution >= 0.6 is 0 Å². The molecule has 0 aliphatic carbocycles. The highest BCUT2D eigenvalue weighted by atomic mass is 32.2. The van der Waals surface area contributed by atoms with Crippen molar-refractivity contribution in [3.8, 4) is 0 Å². The average molecular weight is 396 g/mol. The van der Waals surface area contributed by atoms with Crippen molar-refractivity contribution in [2.24, 2.45) is 4.99 Å². The Morgan fingerprint density at radius 3 is 2.56 bits per heavy atom. The third-order valence-corrected chi connectivity index (χ3v) is 5.50. The molecule has 1 heterocycles. The number of nitrogens with zero attached hydrogens (tertiary/aromatic N) is 2. The molecule has 8 heteroatoms. The second-order valence-electron chi connectivity index (χ2n) is 7.84. The SMILES string of the molecule is CN=C(NCC(C)(C)NS(C)(=O)=O)NC(C)c1cccc(N2CCCC2)c1. The van der Waals surface area contributed by atoms with Crippen LogP contribution in [0.5, 0.6) is 0 Å². The summed E-state index contributed by atoms with van der Waals surface area (Å²) in [6.45, 7) is 8.42. The lowest BCUT2D eigenvalue weighted by molar-refractivity contribution is 0.445. The summed E-state index contributed by atoms with van der Waals surface area (Å²) >= 11 is 0. The fourth-order valence-electron chi connectivity index (χ4n) is 3.29. The fourth-order valence-corrected chi connectivity index (χ4v) is 4.37. The van der Waals surface area contributed by atoms with Crippen LogP contribution in [0.1, 0.15) is 45.2 Å². The van der Waals surface area contributed by atoms with Crippen molar-refractivity contribution in [3.05, 3.63) is 29.8 Å². The average Bonchev–Trinajstić information content (AvgIpc) is 3.11. The molecule has 1 aromatic rings. The van der Waals surface area contributed by atoms with Crippen molar-refractivity contribution in [3.63, 3.8) is 0 Å². The van der Waals surface area contributed by atoms with Gasteiger partial charge in [-0.15, -0.1) is 0 Å². The van der Waals surface area contributed by atoms with Crippen LogP contribution in [-0.2, 0) is 10.0 Å². The molecule has 1 aliphatic rings. The van der Waals surface area contributed by atoms with Crippen LogP contribution in [-0.4, -0.2) is 52.9 Å². The summed E-state index contributed by atoms with van der Waals surface area (Å²) in [5.41, 5.74) is 1.83. The molecule has 0 radical (unpaired) electrons. The number of aliphatic imine (C=N–C) groups is 1. The molecule has 27 heavy (non-hydrogen) atoms. The van der Waals surface area contributed by atoms with Gasteiger partial charge in [0.15, 0.2) is 5.96 Å². The summed E-state index contributed by atoms with van der Waals surface area (Å²) in [6.07, 6.45) is 3.68. The van der Waals surface area contributed by atoms with Crippen LogP contribution < -0.4 is 20.3 Å². The van der Waals surface area contributed by atoms with Gasteiger partial charge in [-0.25, -0.2) is 13.1 Å². The number of nitrogens with one attached hydrogen (secondary N) is 3. The molecule has 1 saturated heterocycles. The predicted octanol–water partition coefficient (Wildman–Crippen LogP) is 1.84. The molecule has 1 atom stereocenters. The Hall–Kier alpha value is -1.80. The van der Waals surface area contributed by atoms with E-state index in [1.54, 1.807) is 7.05 Å². The molecule has 3 N–H and O–H groups in total. The normalized spacial score (nSPS) is 17.1. The van der Waals surface area contributed by atoms with Crippen molar-refractivity contribution in [1.29, 1.82) is 0 Å². The highest BCUT2D eigenvalue weighted by Gasteiger charge is 2.22. The van der Waals surface area contributed by atoms with Crippen molar-refractivity contribution >= 4 is 21.7 Å². The van der Waals surface area contributed by atoms with E-state index in [1.165, 1.54) is 24.1 Å². The molecule has 0 amide bonds. The molecular formula is C19H33N5O2S. The Labute approximate surface area is 163 Å². The molecule has 1 aliphatic heterocycles. The topological polar surface area (TPSA) is 85.8 Å². The Balaban J connectivity index is 1.96. The van der Waals surface area contributed by atoms with E-state index in [4.69, 9.17) is 0 Å². The maximum absolute atomic E-state index is 11.5. The van der Waals surface area contributed by atoms with Crippen LogP contribution in [0.3, 0.4) is 0 Å². The number of guanidine groups is 1. The minimum absolute atomic E-state index is 0.0738. The summed E-state index contributed by atoms with van der Waals surface area (Å²) < 4.78 is 25.6. The number of hydrogen-bond donors (Lipinski definition) is 3. The van der Waals surface area contributed by atoms with Crippen LogP contribution in [0, 0.1) is 0 Å². The Bertz CT molecular complexity index is 755. The van der Waals surface area contributed by atoms with Crippen LogP contribution in [0.2, 0.25) is 0 Å². The van der Waals surface area contributed by atoms with Crippen LogP contribution in [0.15, 0.2) is 29.3 Å². The molecule has 0 spiro atoms. The van der Waals surface area contributed by atoms with Crippen LogP contribution in [0.4, 0.5) is 5.69 Å². The molecule has 1 fully saturated rings. The number of rotatable bonds is 7. The minimum atomic E-state index is -3.27. The summed E-state index contributed by atoms with van der Waals surface area (Å²) in [5.74, 6) is 0.637. The summed E-state index contributed by atoms with van der Waals surface area (Å²) in [7, 11) is -1.56. The Kier molecular flexibility index (Phi) is 7.11. The van der Waals surface area contributed by atoms with Crippen molar-refractivity contribution < 1.29 is 8.42 Å². The zero-order valence-electron chi connectivity index (χ0n) is 17.0. The van der Waals surface area contributed by atoms with Crippen molar-refractivity contribution in [2.75, 3.05) is 37.8 Å². The second kappa shape index (κ2) is 8.93. The third-order valence-electron chi connectivity index (χ3n) is 4.58. The van der Waals surface area contributed by atoms with Gasteiger partial charge < -0.3 is 15.5 Å². The maximum atomic E-state index is 11.5. The largest absolute Gasteiger partial charge is 0.372 e. The molecule has 1 unspecified atom stereocenters. The van der Waals surface area contributed by atoms with E-state index in [9.17, 15) is 8.42 Å². The standard InChI is InChI=1S/C19H33N5O2S/c1-15(16-9-8-10-17(13-16)24-11-6-7-12-24)22-18(20-4)21-14-19(2,3)23-27(5,25)26/h8-10,13,15,23H,6-7,11-12,14H2,1-5H3,(H2,20,21,22). The minimum Gasteiger partial charge on any atom is -0.372 e. The number of sulfonamides is 1. The second-order valence-corrected chi connectivity index (χ2v) is 9.59. The molecule has 7 nitrogen and oxygen atoms in total. The van der Waals surface area contributed by atoms with Crippen molar-refractivity contribution in [2.45, 2.75) is 45.2 Å². The predicted molar refractivity (Wildman–Crippen MR) is 113 cm³/mol. The molecular weight excluding hydrogens is 362 g/mol. The van der Waals surface area contributed by atoms with Gasteiger partial charge in [0.25, 0.3) is 0 Å². The van der Waals surface area contributed by atoms with Gasteiger partial charge in [0.05, 0.1) is 12.3 Å². The van der Waals surface area contributed by atoms with Gasteiger partial charge in [0.2, 0.25) is 10.0 Å². The molecule has 0 aromatic heterocycles. The summed E-state index contributed by atoms with van der Waals surface area (Å²) in [4.78, 5) is 6.68. The number of anilines is 1. The fraction of sp³-hybridized carbons (Fsp3) is 0.632. The van der Waals surface area contributed by atoms with Gasteiger partial charge in [-0.05, 0) is 51.3 Å². The molecule has 152 valence electrons. The maximum Gasteiger partial charge on any atom is 0.209 e. The quantitative estimate of drug-likeness (QED) is 0.484. The first kappa shape index (κ1) is 21.5. The highest BCUT2D eigenvalue weighted by molar-refractivity contribution is 7.88. The summed E-state index contributed by atoms with van der Waals surface area (Å²) in [5, 5.41) is 6.58. The first-order valence-corrected chi connectivity index (χ1v) is 11.3. The van der Waals surface area contributed by atoms with Gasteiger partial charge >= 0.3 is 0 Å². The Morgan fingerprint density at radius 2 is 1.96 bits per heavy atom. The highest BCUT2D eigenvalue weighted by Crippen LogP contribution is 2.23. The van der Waals surface area contributed by atoms with E-state index in [2.05, 4.69) is 56.4 Å². The zero-order chi connectivity index (χ0) is 20.1. The number of hydrogen-bond acceptors (Lipinski definition) is 4. The molecule has 1 aromatic carbocycles. The van der Waals surface area contributed by atoms with Gasteiger partial charge in [-0.1, -0.05) is 12.1 Å². The zero-order valence-corrected chi connectivity index (χ0v) is 17.9. The van der Waals surface area contributed by atoms with Gasteiger partial charge in [-0.3, -0.25) is 4.99 Å².